The molecule has 0 aliphatic rings. The molecular weight excluding hydrogens is 268 g/mol. The first-order valence-electron chi connectivity index (χ1n) is 5.10. The van der Waals surface area contributed by atoms with Crippen LogP contribution in [0.4, 0.5) is 5.69 Å². The first-order valence-corrected chi connectivity index (χ1v) is 5.90. The van der Waals surface area contributed by atoms with E-state index in [4.69, 9.17) is 5.73 Å². The van der Waals surface area contributed by atoms with Gasteiger partial charge in [-0.05, 0) is 38.1 Å². The van der Waals surface area contributed by atoms with Crippen LogP contribution >= 0.6 is 15.9 Å². The van der Waals surface area contributed by atoms with Gasteiger partial charge in [0.2, 0.25) is 5.91 Å². The molecule has 0 atom stereocenters. The standard InChI is InChI=1S/C12H17BrN2O/c1-12(2,14)8-11(16)15(3)10-6-4-9(13)5-7-10/h4-7H,8,14H2,1-3H3. The lowest BCUT2D eigenvalue weighted by Crippen LogP contribution is -2.39. The Labute approximate surface area is 105 Å². The molecule has 0 heterocycles. The summed E-state index contributed by atoms with van der Waals surface area (Å²) in [6, 6.07) is 7.61. The first kappa shape index (κ1) is 13.2. The van der Waals surface area contributed by atoms with Crippen molar-refractivity contribution < 1.29 is 4.79 Å². The second-order valence-electron chi connectivity index (χ2n) is 4.59. The van der Waals surface area contributed by atoms with Crippen molar-refractivity contribution in [2.45, 2.75) is 25.8 Å². The highest BCUT2D eigenvalue weighted by atomic mass is 79.9. The van der Waals surface area contributed by atoms with E-state index >= 15 is 0 Å². The average molecular weight is 285 g/mol. The molecule has 3 nitrogen and oxygen atoms in total. The van der Waals surface area contributed by atoms with E-state index in [-0.39, 0.29) is 5.91 Å². The lowest BCUT2D eigenvalue weighted by Gasteiger charge is -2.23. The van der Waals surface area contributed by atoms with E-state index in [0.29, 0.717) is 6.42 Å². The van der Waals surface area contributed by atoms with E-state index in [9.17, 15) is 4.79 Å². The summed E-state index contributed by atoms with van der Waals surface area (Å²) < 4.78 is 0.997. The van der Waals surface area contributed by atoms with Gasteiger partial charge in [0.1, 0.15) is 0 Å². The zero-order valence-corrected chi connectivity index (χ0v) is 11.4. The average Bonchev–Trinajstić information content (AvgIpc) is 2.15. The number of halogens is 1. The van der Waals surface area contributed by atoms with Gasteiger partial charge in [0, 0.05) is 29.2 Å². The normalized spacial score (nSPS) is 11.3. The molecule has 0 fully saturated rings. The highest BCUT2D eigenvalue weighted by Gasteiger charge is 2.19. The molecule has 0 aliphatic carbocycles. The zero-order chi connectivity index (χ0) is 12.3. The van der Waals surface area contributed by atoms with Crippen LogP contribution in [0.25, 0.3) is 0 Å². The van der Waals surface area contributed by atoms with E-state index < -0.39 is 5.54 Å². The summed E-state index contributed by atoms with van der Waals surface area (Å²) in [6.07, 6.45) is 0.333. The van der Waals surface area contributed by atoms with Crippen molar-refractivity contribution in [1.29, 1.82) is 0 Å². The van der Waals surface area contributed by atoms with E-state index in [1.54, 1.807) is 11.9 Å². The molecule has 0 saturated heterocycles. The molecule has 0 aliphatic heterocycles. The largest absolute Gasteiger partial charge is 0.325 e. The molecule has 16 heavy (non-hydrogen) atoms. The van der Waals surface area contributed by atoms with Gasteiger partial charge in [0.15, 0.2) is 0 Å². The van der Waals surface area contributed by atoms with Crippen molar-refractivity contribution in [2.24, 2.45) is 5.73 Å². The van der Waals surface area contributed by atoms with Crippen LogP contribution in [0.15, 0.2) is 28.7 Å². The minimum atomic E-state index is -0.472. The number of amides is 1. The number of anilines is 1. The van der Waals surface area contributed by atoms with Crippen LogP contribution in [0, 0.1) is 0 Å². The van der Waals surface area contributed by atoms with Crippen molar-refractivity contribution in [3.63, 3.8) is 0 Å². The zero-order valence-electron chi connectivity index (χ0n) is 9.83. The summed E-state index contributed by atoms with van der Waals surface area (Å²) in [4.78, 5) is 13.5. The molecule has 1 amide bonds. The summed E-state index contributed by atoms with van der Waals surface area (Å²) in [5, 5.41) is 0. The van der Waals surface area contributed by atoms with Gasteiger partial charge in [-0.15, -0.1) is 0 Å². The van der Waals surface area contributed by atoms with Crippen LogP contribution in [-0.4, -0.2) is 18.5 Å². The van der Waals surface area contributed by atoms with Gasteiger partial charge in [0.25, 0.3) is 0 Å². The fourth-order valence-corrected chi connectivity index (χ4v) is 1.58. The minimum absolute atomic E-state index is 0.0230. The third kappa shape index (κ3) is 3.94. The highest BCUT2D eigenvalue weighted by Crippen LogP contribution is 2.19. The molecule has 0 saturated carbocycles. The van der Waals surface area contributed by atoms with E-state index in [1.165, 1.54) is 0 Å². The Kier molecular flexibility index (Phi) is 4.10. The van der Waals surface area contributed by atoms with Crippen molar-refractivity contribution >= 4 is 27.5 Å². The molecule has 88 valence electrons. The maximum Gasteiger partial charge on any atom is 0.228 e. The van der Waals surface area contributed by atoms with Gasteiger partial charge in [-0.2, -0.15) is 0 Å². The number of rotatable bonds is 3. The summed E-state index contributed by atoms with van der Waals surface area (Å²) >= 11 is 3.36. The Balaban J connectivity index is 2.74. The molecule has 1 rings (SSSR count). The number of nitrogens with two attached hydrogens (primary N) is 1. The Hall–Kier alpha value is -0.870. The molecule has 4 heteroatoms. The molecule has 0 radical (unpaired) electrons. The summed E-state index contributed by atoms with van der Waals surface area (Å²) in [5.74, 6) is 0.0230. The molecule has 0 unspecified atom stereocenters. The van der Waals surface area contributed by atoms with Crippen molar-refractivity contribution in [3.8, 4) is 0 Å². The topological polar surface area (TPSA) is 46.3 Å². The lowest BCUT2D eigenvalue weighted by atomic mass is 10.0. The maximum absolute atomic E-state index is 11.9. The predicted molar refractivity (Wildman–Crippen MR) is 70.4 cm³/mol. The molecule has 1 aromatic rings. The van der Waals surface area contributed by atoms with Crippen LogP contribution in [0.2, 0.25) is 0 Å². The number of hydrogen-bond acceptors (Lipinski definition) is 2. The third-order valence-electron chi connectivity index (χ3n) is 2.19. The Bertz CT molecular complexity index is 368. The van der Waals surface area contributed by atoms with Crippen molar-refractivity contribution in [2.75, 3.05) is 11.9 Å². The molecule has 0 spiro atoms. The van der Waals surface area contributed by atoms with Crippen LogP contribution in [0.5, 0.6) is 0 Å². The highest BCUT2D eigenvalue weighted by molar-refractivity contribution is 9.10. The van der Waals surface area contributed by atoms with Crippen molar-refractivity contribution in [1.82, 2.24) is 0 Å². The number of benzene rings is 1. The van der Waals surface area contributed by atoms with Crippen molar-refractivity contribution in [3.05, 3.63) is 28.7 Å². The minimum Gasteiger partial charge on any atom is -0.325 e. The monoisotopic (exact) mass is 284 g/mol. The number of carbonyl (C=O) groups is 1. The lowest BCUT2D eigenvalue weighted by molar-refractivity contribution is -0.119. The number of nitrogens with zero attached hydrogens (tertiary/aromatic N) is 1. The van der Waals surface area contributed by atoms with Gasteiger partial charge in [0.05, 0.1) is 0 Å². The van der Waals surface area contributed by atoms with Crippen LogP contribution < -0.4 is 10.6 Å². The smallest absolute Gasteiger partial charge is 0.228 e. The van der Waals surface area contributed by atoms with Gasteiger partial charge in [-0.25, -0.2) is 0 Å². The molecule has 1 aromatic carbocycles. The van der Waals surface area contributed by atoms with Gasteiger partial charge in [-0.1, -0.05) is 15.9 Å². The van der Waals surface area contributed by atoms with Gasteiger partial charge < -0.3 is 10.6 Å². The second kappa shape index (κ2) is 4.97. The number of carbonyl (C=O) groups excluding carboxylic acids is 1. The first-order chi connectivity index (χ1) is 7.29. The fraction of sp³-hybridized carbons (Fsp3) is 0.417. The summed E-state index contributed by atoms with van der Waals surface area (Å²) in [5.41, 5.74) is 6.22. The second-order valence-corrected chi connectivity index (χ2v) is 5.51. The predicted octanol–water partition coefficient (Wildman–Crippen LogP) is 2.54. The van der Waals surface area contributed by atoms with Gasteiger partial charge in [-0.3, -0.25) is 4.79 Å². The Morgan fingerprint density at radius 1 is 1.38 bits per heavy atom. The summed E-state index contributed by atoms with van der Waals surface area (Å²) in [7, 11) is 1.76. The fourth-order valence-electron chi connectivity index (χ4n) is 1.32. The Morgan fingerprint density at radius 2 is 1.88 bits per heavy atom. The van der Waals surface area contributed by atoms with E-state index in [1.807, 2.05) is 38.1 Å². The van der Waals surface area contributed by atoms with Crippen LogP contribution in [0.1, 0.15) is 20.3 Å². The van der Waals surface area contributed by atoms with Crippen LogP contribution in [-0.2, 0) is 4.79 Å². The summed E-state index contributed by atoms with van der Waals surface area (Å²) in [6.45, 7) is 3.70. The maximum atomic E-state index is 11.9. The molecule has 0 bridgehead atoms. The number of hydrogen-bond donors (Lipinski definition) is 1. The quantitative estimate of drug-likeness (QED) is 0.927. The van der Waals surface area contributed by atoms with E-state index in [2.05, 4.69) is 15.9 Å². The molecular formula is C12H17BrN2O. The van der Waals surface area contributed by atoms with Gasteiger partial charge >= 0.3 is 0 Å². The Morgan fingerprint density at radius 3 is 2.31 bits per heavy atom. The SMILES string of the molecule is CN(C(=O)CC(C)(C)N)c1ccc(Br)cc1. The third-order valence-corrected chi connectivity index (χ3v) is 2.72. The molecule has 0 aromatic heterocycles. The van der Waals surface area contributed by atoms with E-state index in [0.717, 1.165) is 10.2 Å². The molecule has 2 N–H and O–H groups in total. The van der Waals surface area contributed by atoms with Crippen LogP contribution in [0.3, 0.4) is 0 Å².